The molecule has 0 unspecified atom stereocenters. The molecule has 132 valence electrons. The van der Waals surface area contributed by atoms with Gasteiger partial charge in [0.2, 0.25) is 0 Å². The highest BCUT2D eigenvalue weighted by Crippen LogP contribution is 2.37. The van der Waals surface area contributed by atoms with Crippen LogP contribution >= 0.6 is 15.9 Å². The molecule has 0 bridgehead atoms. The first kappa shape index (κ1) is 17.0. The first-order chi connectivity index (χ1) is 12.6. The Morgan fingerprint density at radius 2 is 1.85 bits per heavy atom. The quantitative estimate of drug-likeness (QED) is 0.685. The molecule has 1 aromatic heterocycles. The number of hydrogen-bond acceptors (Lipinski definition) is 4. The van der Waals surface area contributed by atoms with Crippen LogP contribution in [-0.4, -0.2) is 28.7 Å². The summed E-state index contributed by atoms with van der Waals surface area (Å²) in [4.78, 5) is 14.2. The minimum atomic E-state index is -0.537. The molecule has 1 aliphatic rings. The van der Waals surface area contributed by atoms with E-state index in [2.05, 4.69) is 56.2 Å². The molecule has 5 nitrogen and oxygen atoms in total. The minimum Gasteiger partial charge on any atom is -0.366 e. The number of halogens is 1. The van der Waals surface area contributed by atoms with E-state index in [4.69, 9.17) is 5.73 Å². The SMILES string of the molecule is CCN(c1c(C(N)=O)nnc2cc(-c3ccc(Br)cc3)ccc12)C1CC1. The average molecular weight is 411 g/mol. The minimum absolute atomic E-state index is 0.252. The molecule has 0 saturated heterocycles. The van der Waals surface area contributed by atoms with E-state index in [0.29, 0.717) is 6.04 Å². The molecule has 1 amide bonds. The zero-order valence-electron chi connectivity index (χ0n) is 14.4. The van der Waals surface area contributed by atoms with Crippen LogP contribution in [0.5, 0.6) is 0 Å². The number of nitrogens with zero attached hydrogens (tertiary/aromatic N) is 3. The smallest absolute Gasteiger partial charge is 0.271 e. The standard InChI is InChI=1S/C20H19BrN4O/c1-2-25(15-8-9-15)19-16-10-5-13(12-3-6-14(21)7-4-12)11-17(16)23-24-18(19)20(22)26/h3-7,10-11,15H,2,8-9H2,1H3,(H2,22,26). The predicted molar refractivity (Wildman–Crippen MR) is 107 cm³/mol. The number of carbonyl (C=O) groups excluding carboxylic acids is 1. The largest absolute Gasteiger partial charge is 0.366 e. The summed E-state index contributed by atoms with van der Waals surface area (Å²) in [7, 11) is 0. The van der Waals surface area contributed by atoms with E-state index in [1.165, 1.54) is 0 Å². The summed E-state index contributed by atoms with van der Waals surface area (Å²) in [5.41, 5.74) is 9.58. The molecule has 26 heavy (non-hydrogen) atoms. The number of rotatable bonds is 5. The lowest BCUT2D eigenvalue weighted by Gasteiger charge is -2.25. The van der Waals surface area contributed by atoms with Gasteiger partial charge >= 0.3 is 0 Å². The van der Waals surface area contributed by atoms with Crippen molar-refractivity contribution in [3.63, 3.8) is 0 Å². The van der Waals surface area contributed by atoms with Crippen LogP contribution in [-0.2, 0) is 0 Å². The highest BCUT2D eigenvalue weighted by atomic mass is 79.9. The van der Waals surface area contributed by atoms with E-state index < -0.39 is 5.91 Å². The summed E-state index contributed by atoms with van der Waals surface area (Å²) >= 11 is 3.46. The fourth-order valence-electron chi connectivity index (χ4n) is 3.36. The van der Waals surface area contributed by atoms with Gasteiger partial charge in [-0.25, -0.2) is 0 Å². The Morgan fingerprint density at radius 3 is 2.46 bits per heavy atom. The van der Waals surface area contributed by atoms with Crippen molar-refractivity contribution < 1.29 is 4.79 Å². The van der Waals surface area contributed by atoms with Crippen LogP contribution in [0, 0.1) is 0 Å². The van der Waals surface area contributed by atoms with E-state index in [1.807, 2.05) is 24.3 Å². The Kier molecular flexibility index (Phi) is 4.36. The van der Waals surface area contributed by atoms with Crippen LogP contribution in [0.1, 0.15) is 30.3 Å². The molecule has 6 heteroatoms. The van der Waals surface area contributed by atoms with E-state index in [-0.39, 0.29) is 5.69 Å². The maximum absolute atomic E-state index is 11.9. The van der Waals surface area contributed by atoms with Gasteiger partial charge in [-0.05, 0) is 55.2 Å². The first-order valence-corrected chi connectivity index (χ1v) is 9.50. The van der Waals surface area contributed by atoms with Gasteiger partial charge in [0, 0.05) is 22.4 Å². The molecule has 0 atom stereocenters. The molecule has 0 radical (unpaired) electrons. The maximum Gasteiger partial charge on any atom is 0.271 e. The Hall–Kier alpha value is -2.47. The molecule has 2 N–H and O–H groups in total. The van der Waals surface area contributed by atoms with E-state index in [0.717, 1.165) is 51.6 Å². The number of primary amides is 1. The van der Waals surface area contributed by atoms with Crippen LogP contribution in [0.2, 0.25) is 0 Å². The zero-order chi connectivity index (χ0) is 18.3. The Morgan fingerprint density at radius 1 is 1.15 bits per heavy atom. The van der Waals surface area contributed by atoms with Crippen molar-refractivity contribution in [2.45, 2.75) is 25.8 Å². The molecule has 1 fully saturated rings. The summed E-state index contributed by atoms with van der Waals surface area (Å²) in [5, 5.41) is 9.36. The highest BCUT2D eigenvalue weighted by molar-refractivity contribution is 9.10. The fraction of sp³-hybridized carbons (Fsp3) is 0.250. The van der Waals surface area contributed by atoms with Crippen LogP contribution in [0.4, 0.5) is 5.69 Å². The summed E-state index contributed by atoms with van der Waals surface area (Å²) in [5.74, 6) is -0.537. The molecule has 1 saturated carbocycles. The third-order valence-corrected chi connectivity index (χ3v) is 5.29. The molecule has 3 aromatic rings. The number of nitrogens with two attached hydrogens (primary N) is 1. The lowest BCUT2D eigenvalue weighted by molar-refractivity contribution is 0.0995. The van der Waals surface area contributed by atoms with Gasteiger partial charge in [-0.2, -0.15) is 0 Å². The van der Waals surface area contributed by atoms with Gasteiger partial charge in [-0.3, -0.25) is 4.79 Å². The second-order valence-corrected chi connectivity index (χ2v) is 7.43. The van der Waals surface area contributed by atoms with Gasteiger partial charge in [0.15, 0.2) is 5.69 Å². The highest BCUT2D eigenvalue weighted by Gasteiger charge is 2.32. The third kappa shape index (κ3) is 3.05. The van der Waals surface area contributed by atoms with Gasteiger partial charge in [-0.1, -0.05) is 34.1 Å². The number of anilines is 1. The third-order valence-electron chi connectivity index (χ3n) is 4.76. The molecule has 2 aromatic carbocycles. The van der Waals surface area contributed by atoms with Gasteiger partial charge in [0.25, 0.3) is 5.91 Å². The van der Waals surface area contributed by atoms with Gasteiger partial charge < -0.3 is 10.6 Å². The van der Waals surface area contributed by atoms with Gasteiger partial charge in [0.1, 0.15) is 0 Å². The number of benzene rings is 2. The molecular formula is C20H19BrN4O. The summed E-state index contributed by atoms with van der Waals surface area (Å²) in [6.07, 6.45) is 2.26. The second-order valence-electron chi connectivity index (χ2n) is 6.52. The average Bonchev–Trinajstić information content (AvgIpc) is 3.47. The van der Waals surface area contributed by atoms with Crippen LogP contribution in [0.3, 0.4) is 0 Å². The zero-order valence-corrected chi connectivity index (χ0v) is 16.0. The Balaban J connectivity index is 1.88. The number of carbonyl (C=O) groups is 1. The Labute approximate surface area is 160 Å². The monoisotopic (exact) mass is 410 g/mol. The van der Waals surface area contributed by atoms with Gasteiger partial charge in [0.05, 0.1) is 11.2 Å². The van der Waals surface area contributed by atoms with E-state index in [9.17, 15) is 4.79 Å². The molecule has 1 aliphatic carbocycles. The number of amides is 1. The number of hydrogen-bond donors (Lipinski definition) is 1. The van der Waals surface area contributed by atoms with Crippen molar-refractivity contribution in [3.8, 4) is 11.1 Å². The first-order valence-electron chi connectivity index (χ1n) is 8.71. The Bertz CT molecular complexity index is 983. The summed E-state index contributed by atoms with van der Waals surface area (Å²) in [6.45, 7) is 2.89. The van der Waals surface area contributed by atoms with Crippen molar-refractivity contribution >= 4 is 38.4 Å². The van der Waals surface area contributed by atoms with Crippen LogP contribution in [0.25, 0.3) is 22.0 Å². The van der Waals surface area contributed by atoms with Crippen molar-refractivity contribution in [2.75, 3.05) is 11.4 Å². The topological polar surface area (TPSA) is 72.1 Å². The number of aromatic nitrogens is 2. The maximum atomic E-state index is 11.9. The lowest BCUT2D eigenvalue weighted by atomic mass is 10.0. The summed E-state index contributed by atoms with van der Waals surface area (Å²) in [6, 6.07) is 14.7. The van der Waals surface area contributed by atoms with E-state index >= 15 is 0 Å². The van der Waals surface area contributed by atoms with E-state index in [1.54, 1.807) is 0 Å². The van der Waals surface area contributed by atoms with Crippen LogP contribution < -0.4 is 10.6 Å². The second kappa shape index (κ2) is 6.68. The van der Waals surface area contributed by atoms with Crippen molar-refractivity contribution in [2.24, 2.45) is 5.73 Å². The molecule has 1 heterocycles. The molecule has 0 spiro atoms. The molecular weight excluding hydrogens is 392 g/mol. The van der Waals surface area contributed by atoms with Crippen molar-refractivity contribution in [3.05, 3.63) is 52.6 Å². The fourth-order valence-corrected chi connectivity index (χ4v) is 3.62. The van der Waals surface area contributed by atoms with Gasteiger partial charge in [-0.15, -0.1) is 10.2 Å². The van der Waals surface area contributed by atoms with Crippen molar-refractivity contribution in [1.82, 2.24) is 10.2 Å². The molecule has 0 aliphatic heterocycles. The summed E-state index contributed by atoms with van der Waals surface area (Å²) < 4.78 is 1.04. The predicted octanol–water partition coefficient (Wildman–Crippen LogP) is 4.15. The normalized spacial score (nSPS) is 13.8. The lowest BCUT2D eigenvalue weighted by Crippen LogP contribution is -2.29. The van der Waals surface area contributed by atoms with Crippen molar-refractivity contribution in [1.29, 1.82) is 0 Å². The number of fused-ring (bicyclic) bond motifs is 1. The molecule has 4 rings (SSSR count). The van der Waals surface area contributed by atoms with Crippen LogP contribution in [0.15, 0.2) is 46.9 Å².